The van der Waals surface area contributed by atoms with Crippen molar-refractivity contribution >= 4 is 105 Å². The van der Waals surface area contributed by atoms with Crippen LogP contribution >= 0.6 is 54.0 Å². The van der Waals surface area contributed by atoms with E-state index in [1.54, 1.807) is 41.2 Å². The van der Waals surface area contributed by atoms with Gasteiger partial charge in [-0.25, -0.2) is 0 Å². The minimum absolute atomic E-state index is 0.0223. The van der Waals surface area contributed by atoms with Gasteiger partial charge in [-0.05, 0) is 79.5 Å². The van der Waals surface area contributed by atoms with E-state index in [2.05, 4.69) is 31.8 Å². The van der Waals surface area contributed by atoms with Gasteiger partial charge in [-0.3, -0.25) is 29.8 Å². The Morgan fingerprint density at radius 2 is 1.66 bits per heavy atom. The van der Waals surface area contributed by atoms with Crippen molar-refractivity contribution in [1.82, 2.24) is 5.32 Å². The number of aryl methyl sites for hydroxylation is 2. The first-order chi connectivity index (χ1) is 31.4. The Morgan fingerprint density at radius 1 is 1.06 bits per heavy atom. The number of methoxy groups -OCH3 is 1. The highest BCUT2D eigenvalue weighted by molar-refractivity contribution is 7.94. The number of carboxylic acids is 1. The third-order valence-corrected chi connectivity index (χ3v) is 10.1. The van der Waals surface area contributed by atoms with Crippen molar-refractivity contribution < 1.29 is 53.0 Å². The van der Waals surface area contributed by atoms with Crippen molar-refractivity contribution in [2.75, 3.05) is 73.3 Å². The molecular formula is C44H58Cl4N5O12PS. The van der Waals surface area contributed by atoms with Gasteiger partial charge >= 0.3 is 5.97 Å². The maximum absolute atomic E-state index is 12.2. The van der Waals surface area contributed by atoms with Crippen molar-refractivity contribution in [3.8, 4) is 17.2 Å². The molecule has 23 heteroatoms. The van der Waals surface area contributed by atoms with Crippen LogP contribution in [0.3, 0.4) is 0 Å². The lowest BCUT2D eigenvalue weighted by atomic mass is 10.0. The lowest BCUT2D eigenvalue weighted by Crippen LogP contribution is -2.47. The molecule has 3 atom stereocenters. The average molecular weight is 1050 g/mol. The molecule has 0 saturated heterocycles. The first kappa shape index (κ1) is 60.7. The smallest absolute Gasteiger partial charge is 0.317 e. The summed E-state index contributed by atoms with van der Waals surface area (Å²) < 4.78 is 26.1. The van der Waals surface area contributed by atoms with Gasteiger partial charge in [0, 0.05) is 13.2 Å². The number of anilines is 3. The molecule has 0 bridgehead atoms. The largest absolute Gasteiger partial charge is 0.778 e. The standard InChI is InChI=1S/C15H22ClNO2.C12H9ClN2O3.C11H11Cl2NO2.C3H8NO5P.C3H9S/c1-5-13-8-6-7-11(2)15(13)17(14(18)9-16)12(3)10-19-4;13-11-10(18-8-4-2-1-3-5-8)7-6-9(12(11)14)15(16)17;1-7-6-16-9-5-3-2-4-8(9)14(7)11(15)10(12)13;5-3(6)1-4-2-10(7,8)9;1-4(2)3/h6-8,12H,5,9-10H2,1-4H3;1-7H,14H2;2-5,7,10H,6H2,1H3;4H,1-2H2,(H,5,6)(H2,7,8,9);1-3H3/q;;;;+1/p-1. The number of carbonyl (C=O) groups is 3. The summed E-state index contributed by atoms with van der Waals surface area (Å²) in [5, 5.41) is 20.7. The Hall–Kier alpha value is -4.33. The number of nitrogen functional groups attached to an aromatic ring is 1. The number of fused-ring (bicyclic) bond motifs is 1. The fourth-order valence-corrected chi connectivity index (χ4v) is 6.71. The Morgan fingerprint density at radius 3 is 2.18 bits per heavy atom. The van der Waals surface area contributed by atoms with Crippen molar-refractivity contribution in [3.63, 3.8) is 0 Å². The number of ether oxygens (including phenoxy) is 3. The molecule has 0 saturated carbocycles. The van der Waals surface area contributed by atoms with Crippen molar-refractivity contribution in [2.45, 2.75) is 51.0 Å². The SMILES string of the molecule is CC1COc2ccccc2N1C(=O)C(Cl)Cl.CCc1cccc(C)c1N(C(=O)CCl)C(C)COC.C[S+](C)C.Nc1c([N+](=O)[O-])ccc(Oc2ccccc2)c1Cl.O=C(O)CNCP(=O)([O-])O. The van der Waals surface area contributed by atoms with Gasteiger partial charge in [-0.2, -0.15) is 0 Å². The molecular weight excluding hydrogens is 995 g/mol. The number of rotatable bonds is 14. The number of nitrogens with zero attached hydrogens (tertiary/aromatic N) is 3. The number of hydrogen-bond donors (Lipinski definition) is 4. The molecule has 17 nitrogen and oxygen atoms in total. The number of benzene rings is 4. The first-order valence-electron chi connectivity index (χ1n) is 20.1. The monoisotopic (exact) mass is 1050 g/mol. The fraction of sp³-hybridized carbons (Fsp3) is 0.386. The second-order valence-electron chi connectivity index (χ2n) is 14.6. The maximum Gasteiger partial charge on any atom is 0.317 e. The van der Waals surface area contributed by atoms with E-state index in [0.29, 0.717) is 35.6 Å². The van der Waals surface area contributed by atoms with E-state index >= 15 is 0 Å². The van der Waals surface area contributed by atoms with Crippen molar-refractivity contribution in [1.29, 1.82) is 0 Å². The van der Waals surface area contributed by atoms with E-state index in [0.717, 1.165) is 28.9 Å². The second-order valence-corrected chi connectivity index (χ2v) is 20.4. The number of para-hydroxylation sites is 4. The highest BCUT2D eigenvalue weighted by Gasteiger charge is 2.32. The zero-order valence-corrected chi connectivity index (χ0v) is 43.1. The number of carboxylic acid groups (broad SMARTS) is 1. The first-order valence-corrected chi connectivity index (χ1v) is 26.1. The molecule has 3 unspecified atom stereocenters. The number of nitrogens with one attached hydrogen (secondary N) is 1. The zero-order chi connectivity index (χ0) is 51.0. The average Bonchev–Trinajstić information content (AvgIpc) is 3.26. The van der Waals surface area contributed by atoms with E-state index < -0.39 is 36.2 Å². The molecule has 0 aromatic heterocycles. The molecule has 4 aromatic carbocycles. The summed E-state index contributed by atoms with van der Waals surface area (Å²) in [6, 6.07) is 24.9. The number of nitro groups is 1. The van der Waals surface area contributed by atoms with Gasteiger partial charge in [0.25, 0.3) is 11.6 Å². The Labute approximate surface area is 414 Å². The van der Waals surface area contributed by atoms with Gasteiger partial charge in [0.2, 0.25) is 5.91 Å². The molecule has 1 aliphatic heterocycles. The molecule has 67 heavy (non-hydrogen) atoms. The van der Waals surface area contributed by atoms with Crippen LogP contribution in [0.2, 0.25) is 5.02 Å². The van der Waals surface area contributed by atoms with Crippen LogP contribution in [0.1, 0.15) is 31.9 Å². The molecule has 0 fully saturated rings. The van der Waals surface area contributed by atoms with Crippen LogP contribution in [-0.2, 0) is 41.0 Å². The molecule has 0 radical (unpaired) electrons. The van der Waals surface area contributed by atoms with Crippen LogP contribution in [0, 0.1) is 17.0 Å². The summed E-state index contributed by atoms with van der Waals surface area (Å²) in [6.07, 6.45) is 6.75. The van der Waals surface area contributed by atoms with E-state index in [-0.39, 0.29) is 51.9 Å². The minimum atomic E-state index is -4.35. The lowest BCUT2D eigenvalue weighted by molar-refractivity contribution is -0.383. The topological polar surface area (TPSA) is 247 Å². The Kier molecular flexibility index (Phi) is 28.0. The number of alkyl halides is 3. The number of hydrogen-bond acceptors (Lipinski definition) is 12. The van der Waals surface area contributed by atoms with Crippen molar-refractivity contribution in [2.24, 2.45) is 0 Å². The summed E-state index contributed by atoms with van der Waals surface area (Å²) in [5.74, 6) is -0.0530. The van der Waals surface area contributed by atoms with Crippen LogP contribution in [0.4, 0.5) is 22.7 Å². The van der Waals surface area contributed by atoms with Crippen molar-refractivity contribution in [3.05, 3.63) is 111 Å². The summed E-state index contributed by atoms with van der Waals surface area (Å²) in [6.45, 7) is 8.42. The van der Waals surface area contributed by atoms with Gasteiger partial charge in [0.05, 0.1) is 66.6 Å². The predicted molar refractivity (Wildman–Crippen MR) is 269 cm³/mol. The van der Waals surface area contributed by atoms with Crippen LogP contribution in [0.25, 0.3) is 0 Å². The predicted octanol–water partition coefficient (Wildman–Crippen LogP) is 8.05. The Bertz CT molecular complexity index is 2240. The second kappa shape index (κ2) is 30.9. The summed E-state index contributed by atoms with van der Waals surface area (Å²) in [7, 11) is -2.07. The van der Waals surface area contributed by atoms with E-state index in [4.69, 9.17) is 76.3 Å². The van der Waals surface area contributed by atoms with E-state index in [1.165, 1.54) is 12.1 Å². The fourth-order valence-electron chi connectivity index (χ4n) is 5.78. The van der Waals surface area contributed by atoms with Gasteiger partial charge in [-0.15, -0.1) is 11.6 Å². The summed E-state index contributed by atoms with van der Waals surface area (Å²) in [5.41, 5.74) is 9.18. The summed E-state index contributed by atoms with van der Waals surface area (Å²) >= 11 is 22.9. The minimum Gasteiger partial charge on any atom is -0.778 e. The van der Waals surface area contributed by atoms with E-state index in [1.807, 2.05) is 68.6 Å². The molecule has 4 aromatic rings. The number of aliphatic carboxylic acids is 1. The van der Waals surface area contributed by atoms with Gasteiger partial charge in [0.1, 0.15) is 48.0 Å². The van der Waals surface area contributed by atoms with Gasteiger partial charge in [-0.1, -0.05) is 90.3 Å². The van der Waals surface area contributed by atoms with Gasteiger partial charge < -0.3 is 49.2 Å². The zero-order valence-electron chi connectivity index (χ0n) is 38.3. The Balaban J connectivity index is 0.000000443. The van der Waals surface area contributed by atoms with E-state index in [9.17, 15) is 34.0 Å². The van der Waals surface area contributed by atoms with Crippen LogP contribution in [0.15, 0.2) is 84.9 Å². The molecule has 0 spiro atoms. The highest BCUT2D eigenvalue weighted by Crippen LogP contribution is 2.39. The number of nitro benzene ring substituents is 1. The number of carbonyl (C=O) groups excluding carboxylic acids is 2. The molecule has 1 heterocycles. The molecule has 1 aliphatic rings. The third kappa shape index (κ3) is 21.7. The number of halogens is 4. The molecule has 2 amide bonds. The number of nitrogens with two attached hydrogens (primary N) is 1. The molecule has 370 valence electrons. The van der Waals surface area contributed by atoms with Crippen LogP contribution in [-0.4, -0.2) is 107 Å². The number of amides is 2. The summed E-state index contributed by atoms with van der Waals surface area (Å²) in [4.78, 5) is 64.2. The van der Waals surface area contributed by atoms with Gasteiger partial charge in [0.15, 0.2) is 4.84 Å². The normalized spacial score (nSPS) is 13.7. The van der Waals surface area contributed by atoms with Crippen LogP contribution < -0.4 is 35.2 Å². The maximum atomic E-state index is 12.2. The van der Waals surface area contributed by atoms with Crippen LogP contribution in [0.5, 0.6) is 17.2 Å². The molecule has 5 N–H and O–H groups in total. The lowest BCUT2D eigenvalue weighted by Gasteiger charge is -2.35. The molecule has 5 rings (SSSR count). The molecule has 0 aliphatic carbocycles. The third-order valence-electron chi connectivity index (χ3n) is 8.52. The highest BCUT2D eigenvalue weighted by atomic mass is 35.5. The quantitative estimate of drug-likeness (QED) is 0.0233.